The number of nitrogens with zero attached hydrogens (tertiary/aromatic N) is 1. The van der Waals surface area contributed by atoms with Gasteiger partial charge >= 0.3 is 5.97 Å². The molecule has 5 nitrogen and oxygen atoms in total. The molecule has 0 bridgehead atoms. The van der Waals surface area contributed by atoms with Crippen LogP contribution in [-0.4, -0.2) is 40.6 Å². The van der Waals surface area contributed by atoms with Crippen LogP contribution in [-0.2, 0) is 9.53 Å². The Kier molecular flexibility index (Phi) is 5.06. The minimum atomic E-state index is -0.596. The van der Waals surface area contributed by atoms with Gasteiger partial charge in [0.2, 0.25) is 0 Å². The molecule has 0 unspecified atom stereocenters. The van der Waals surface area contributed by atoms with Crippen molar-refractivity contribution in [1.82, 2.24) is 4.90 Å². The lowest BCUT2D eigenvalue weighted by molar-refractivity contribution is -0.140. The van der Waals surface area contributed by atoms with Gasteiger partial charge in [-0.05, 0) is 57.7 Å². The second-order valence-electron chi connectivity index (χ2n) is 6.01. The summed E-state index contributed by atoms with van der Waals surface area (Å²) in [7, 11) is 0. The number of hydrogen-bond donors (Lipinski definition) is 1. The van der Waals surface area contributed by atoms with Crippen LogP contribution < -0.4 is 0 Å². The zero-order valence-corrected chi connectivity index (χ0v) is 13.3. The molecule has 0 aromatic heterocycles. The number of aromatic hydroxyl groups is 1. The number of likely N-dealkylation sites (tertiary alicyclic amines) is 1. The van der Waals surface area contributed by atoms with Crippen molar-refractivity contribution < 1.29 is 19.4 Å². The lowest BCUT2D eigenvalue weighted by Gasteiger charge is -2.38. The quantitative estimate of drug-likeness (QED) is 0.872. The standard InChI is InChI=1S/C17H23NO4/c1-11-7-8-14(9-15(11)19)17(21)22-10-16(20)18-12(2)5-4-6-13(18)3/h7-9,12-13,19H,4-6,10H2,1-3H3/t12-,13-/m1/s1. The van der Waals surface area contributed by atoms with Crippen molar-refractivity contribution in [3.05, 3.63) is 29.3 Å². The van der Waals surface area contributed by atoms with Crippen LogP contribution in [0.25, 0.3) is 0 Å². The fraction of sp³-hybridized carbons (Fsp3) is 0.529. The minimum Gasteiger partial charge on any atom is -0.508 e. The van der Waals surface area contributed by atoms with E-state index in [1.54, 1.807) is 19.1 Å². The summed E-state index contributed by atoms with van der Waals surface area (Å²) < 4.78 is 5.09. The van der Waals surface area contributed by atoms with Crippen molar-refractivity contribution in [3.63, 3.8) is 0 Å². The average Bonchev–Trinajstić information content (AvgIpc) is 2.47. The van der Waals surface area contributed by atoms with Gasteiger partial charge in [0.25, 0.3) is 5.91 Å². The molecular weight excluding hydrogens is 282 g/mol. The van der Waals surface area contributed by atoms with E-state index < -0.39 is 5.97 Å². The van der Waals surface area contributed by atoms with E-state index in [2.05, 4.69) is 0 Å². The van der Waals surface area contributed by atoms with E-state index in [4.69, 9.17) is 4.74 Å². The van der Waals surface area contributed by atoms with Crippen LogP contribution in [0.1, 0.15) is 49.0 Å². The highest BCUT2D eigenvalue weighted by atomic mass is 16.5. The molecule has 1 aliphatic heterocycles. The van der Waals surface area contributed by atoms with Crippen LogP contribution in [0.4, 0.5) is 0 Å². The smallest absolute Gasteiger partial charge is 0.338 e. The maximum atomic E-state index is 12.3. The first-order valence-corrected chi connectivity index (χ1v) is 7.68. The van der Waals surface area contributed by atoms with Crippen molar-refractivity contribution >= 4 is 11.9 Å². The molecule has 1 amide bonds. The Morgan fingerprint density at radius 3 is 2.50 bits per heavy atom. The lowest BCUT2D eigenvalue weighted by Crippen LogP contribution is -2.49. The molecule has 1 heterocycles. The Hall–Kier alpha value is -2.04. The third-order valence-corrected chi connectivity index (χ3v) is 4.25. The molecule has 1 aliphatic rings. The van der Waals surface area contributed by atoms with Gasteiger partial charge in [0.15, 0.2) is 6.61 Å². The van der Waals surface area contributed by atoms with E-state index in [0.29, 0.717) is 5.56 Å². The van der Waals surface area contributed by atoms with E-state index in [1.807, 2.05) is 18.7 Å². The van der Waals surface area contributed by atoms with E-state index >= 15 is 0 Å². The second kappa shape index (κ2) is 6.81. The van der Waals surface area contributed by atoms with Gasteiger partial charge in [-0.3, -0.25) is 4.79 Å². The number of amides is 1. The fourth-order valence-electron chi connectivity index (χ4n) is 2.93. The molecule has 1 N–H and O–H groups in total. The molecule has 0 aliphatic carbocycles. The van der Waals surface area contributed by atoms with Crippen LogP contribution in [0, 0.1) is 6.92 Å². The van der Waals surface area contributed by atoms with Crippen LogP contribution >= 0.6 is 0 Å². The highest BCUT2D eigenvalue weighted by Crippen LogP contribution is 2.23. The van der Waals surface area contributed by atoms with E-state index in [1.165, 1.54) is 6.07 Å². The third-order valence-electron chi connectivity index (χ3n) is 4.25. The molecule has 0 saturated carbocycles. The number of esters is 1. The summed E-state index contributed by atoms with van der Waals surface area (Å²) in [5.41, 5.74) is 0.930. The summed E-state index contributed by atoms with van der Waals surface area (Å²) >= 11 is 0. The molecule has 2 rings (SSSR count). The minimum absolute atomic E-state index is 0.0408. The molecule has 1 saturated heterocycles. The third kappa shape index (κ3) is 3.59. The van der Waals surface area contributed by atoms with Gasteiger partial charge in [0.05, 0.1) is 5.56 Å². The first kappa shape index (κ1) is 16.3. The Bertz CT molecular complexity index is 560. The number of carbonyl (C=O) groups is 2. The molecule has 0 spiro atoms. The number of benzene rings is 1. The van der Waals surface area contributed by atoms with E-state index in [0.717, 1.165) is 19.3 Å². The van der Waals surface area contributed by atoms with Crippen LogP contribution in [0.2, 0.25) is 0 Å². The Morgan fingerprint density at radius 2 is 1.91 bits per heavy atom. The van der Waals surface area contributed by atoms with Crippen molar-refractivity contribution in [3.8, 4) is 5.75 Å². The van der Waals surface area contributed by atoms with Crippen LogP contribution in [0.3, 0.4) is 0 Å². The number of phenols is 1. The normalized spacial score (nSPS) is 21.5. The number of hydrogen-bond acceptors (Lipinski definition) is 4. The molecule has 120 valence electrons. The van der Waals surface area contributed by atoms with Crippen LogP contribution in [0.5, 0.6) is 5.75 Å². The molecule has 0 radical (unpaired) electrons. The highest BCUT2D eigenvalue weighted by Gasteiger charge is 2.29. The summed E-state index contributed by atoms with van der Waals surface area (Å²) in [6.45, 7) is 5.52. The first-order valence-electron chi connectivity index (χ1n) is 7.68. The number of carbonyl (C=O) groups excluding carboxylic acids is 2. The Morgan fingerprint density at radius 1 is 1.27 bits per heavy atom. The first-order chi connectivity index (χ1) is 10.4. The number of ether oxygens (including phenoxy) is 1. The molecule has 5 heteroatoms. The van der Waals surface area contributed by atoms with E-state index in [-0.39, 0.29) is 35.9 Å². The number of aryl methyl sites for hydroxylation is 1. The molecule has 22 heavy (non-hydrogen) atoms. The SMILES string of the molecule is Cc1ccc(C(=O)OCC(=O)N2[C@H](C)CCC[C@H]2C)cc1O. The maximum Gasteiger partial charge on any atom is 0.338 e. The van der Waals surface area contributed by atoms with Crippen molar-refractivity contribution in [2.24, 2.45) is 0 Å². The van der Waals surface area contributed by atoms with Crippen molar-refractivity contribution in [2.75, 3.05) is 6.61 Å². The summed E-state index contributed by atoms with van der Waals surface area (Å²) in [5, 5.41) is 9.62. The van der Waals surface area contributed by atoms with Gasteiger partial charge in [0.1, 0.15) is 5.75 Å². The summed E-state index contributed by atoms with van der Waals surface area (Å²) in [4.78, 5) is 26.0. The molecular formula is C17H23NO4. The largest absolute Gasteiger partial charge is 0.508 e. The van der Waals surface area contributed by atoms with Crippen molar-refractivity contribution in [2.45, 2.75) is 52.1 Å². The van der Waals surface area contributed by atoms with Gasteiger partial charge in [-0.15, -0.1) is 0 Å². The second-order valence-corrected chi connectivity index (χ2v) is 6.01. The van der Waals surface area contributed by atoms with Gasteiger partial charge in [-0.1, -0.05) is 6.07 Å². The molecule has 2 atom stereocenters. The lowest BCUT2D eigenvalue weighted by atomic mass is 9.97. The predicted octanol–water partition coefficient (Wildman–Crippen LogP) is 2.65. The fourth-order valence-corrected chi connectivity index (χ4v) is 2.93. The Balaban J connectivity index is 1.95. The van der Waals surface area contributed by atoms with Gasteiger partial charge in [0, 0.05) is 12.1 Å². The molecule has 1 aromatic rings. The number of rotatable bonds is 3. The van der Waals surface area contributed by atoms with Gasteiger partial charge in [-0.2, -0.15) is 0 Å². The summed E-state index contributed by atoms with van der Waals surface area (Å²) in [6.07, 6.45) is 3.08. The highest BCUT2D eigenvalue weighted by molar-refractivity contribution is 5.91. The number of phenolic OH excluding ortho intramolecular Hbond substituents is 1. The zero-order valence-electron chi connectivity index (χ0n) is 13.3. The maximum absolute atomic E-state index is 12.3. The van der Waals surface area contributed by atoms with Gasteiger partial charge < -0.3 is 14.7 Å². The monoisotopic (exact) mass is 305 g/mol. The van der Waals surface area contributed by atoms with E-state index in [9.17, 15) is 14.7 Å². The average molecular weight is 305 g/mol. The summed E-state index contributed by atoms with van der Waals surface area (Å²) in [6, 6.07) is 4.93. The van der Waals surface area contributed by atoms with Crippen LogP contribution in [0.15, 0.2) is 18.2 Å². The summed E-state index contributed by atoms with van der Waals surface area (Å²) in [5.74, 6) is -0.718. The molecule has 1 fully saturated rings. The molecule has 1 aromatic carbocycles. The number of piperidine rings is 1. The van der Waals surface area contributed by atoms with Gasteiger partial charge in [-0.25, -0.2) is 4.79 Å². The zero-order chi connectivity index (χ0) is 16.3. The Labute approximate surface area is 130 Å². The van der Waals surface area contributed by atoms with Crippen molar-refractivity contribution in [1.29, 1.82) is 0 Å². The topological polar surface area (TPSA) is 66.8 Å². The predicted molar refractivity (Wildman–Crippen MR) is 82.7 cm³/mol.